The summed E-state index contributed by atoms with van der Waals surface area (Å²) in [4.78, 5) is 0. The van der Waals surface area contributed by atoms with Gasteiger partial charge in [0.1, 0.15) is 5.75 Å². The Morgan fingerprint density at radius 2 is 1.63 bits per heavy atom. The Morgan fingerprint density at radius 3 is 2.26 bits per heavy atom. The SMILES string of the molecule is CCc1ccc(OCCCCCCC(C)CC)cc1. The maximum Gasteiger partial charge on any atom is 0.119 e. The molecule has 0 aliphatic carbocycles. The summed E-state index contributed by atoms with van der Waals surface area (Å²) < 4.78 is 5.75. The summed E-state index contributed by atoms with van der Waals surface area (Å²) in [5.74, 6) is 1.91. The van der Waals surface area contributed by atoms with Crippen molar-refractivity contribution < 1.29 is 4.74 Å². The molecule has 0 aliphatic heterocycles. The second-order valence-electron chi connectivity index (χ2n) is 5.56. The number of hydrogen-bond donors (Lipinski definition) is 0. The molecule has 19 heavy (non-hydrogen) atoms. The Balaban J connectivity index is 2.01. The minimum atomic E-state index is 0.856. The van der Waals surface area contributed by atoms with E-state index in [0.717, 1.165) is 24.7 Å². The van der Waals surface area contributed by atoms with Crippen LogP contribution in [0.2, 0.25) is 0 Å². The second-order valence-corrected chi connectivity index (χ2v) is 5.56. The maximum absolute atomic E-state index is 5.75. The van der Waals surface area contributed by atoms with Gasteiger partial charge < -0.3 is 4.74 Å². The molecule has 0 spiro atoms. The lowest BCUT2D eigenvalue weighted by molar-refractivity contribution is 0.303. The smallest absolute Gasteiger partial charge is 0.119 e. The van der Waals surface area contributed by atoms with Gasteiger partial charge in [-0.25, -0.2) is 0 Å². The first-order chi connectivity index (χ1) is 9.26. The third kappa shape index (κ3) is 7.25. The zero-order chi connectivity index (χ0) is 13.9. The van der Waals surface area contributed by atoms with Gasteiger partial charge in [0.05, 0.1) is 6.61 Å². The van der Waals surface area contributed by atoms with Crippen LogP contribution in [0.3, 0.4) is 0 Å². The molecule has 0 heterocycles. The topological polar surface area (TPSA) is 9.23 Å². The third-order valence-corrected chi connectivity index (χ3v) is 3.89. The molecule has 0 bridgehead atoms. The van der Waals surface area contributed by atoms with Gasteiger partial charge in [0, 0.05) is 0 Å². The van der Waals surface area contributed by atoms with Crippen molar-refractivity contribution >= 4 is 0 Å². The zero-order valence-electron chi connectivity index (χ0n) is 13.0. The predicted molar refractivity (Wildman–Crippen MR) is 83.9 cm³/mol. The van der Waals surface area contributed by atoms with Crippen LogP contribution >= 0.6 is 0 Å². The van der Waals surface area contributed by atoms with E-state index in [1.807, 2.05) is 0 Å². The van der Waals surface area contributed by atoms with E-state index in [9.17, 15) is 0 Å². The molecule has 1 rings (SSSR count). The summed E-state index contributed by atoms with van der Waals surface area (Å²) >= 11 is 0. The van der Waals surface area contributed by atoms with Gasteiger partial charge in [-0.2, -0.15) is 0 Å². The molecule has 1 atom stereocenters. The van der Waals surface area contributed by atoms with Crippen LogP contribution < -0.4 is 4.74 Å². The molecule has 0 saturated heterocycles. The van der Waals surface area contributed by atoms with E-state index >= 15 is 0 Å². The van der Waals surface area contributed by atoms with E-state index in [1.54, 1.807) is 0 Å². The molecular weight excluding hydrogens is 232 g/mol. The fourth-order valence-corrected chi connectivity index (χ4v) is 2.16. The van der Waals surface area contributed by atoms with Gasteiger partial charge in [0.2, 0.25) is 0 Å². The minimum absolute atomic E-state index is 0.856. The second kappa shape index (κ2) is 9.89. The van der Waals surface area contributed by atoms with Gasteiger partial charge in [-0.15, -0.1) is 0 Å². The molecule has 0 N–H and O–H groups in total. The standard InChI is InChI=1S/C18H30O/c1-4-16(3)10-8-6-7-9-15-19-18-13-11-17(5-2)12-14-18/h11-14,16H,4-10,15H2,1-3H3. The molecule has 0 aromatic heterocycles. The lowest BCUT2D eigenvalue weighted by Gasteiger charge is -2.08. The molecule has 0 aliphatic rings. The Kier molecular flexibility index (Phi) is 8.36. The molecule has 0 fully saturated rings. The van der Waals surface area contributed by atoms with Crippen molar-refractivity contribution in [3.05, 3.63) is 29.8 Å². The van der Waals surface area contributed by atoms with Crippen molar-refractivity contribution in [2.75, 3.05) is 6.61 Å². The Bertz CT molecular complexity index is 315. The predicted octanol–water partition coefficient (Wildman–Crippen LogP) is 5.62. The Morgan fingerprint density at radius 1 is 0.947 bits per heavy atom. The molecule has 0 radical (unpaired) electrons. The summed E-state index contributed by atoms with van der Waals surface area (Å²) in [6.45, 7) is 7.66. The summed E-state index contributed by atoms with van der Waals surface area (Å²) in [5.41, 5.74) is 1.37. The van der Waals surface area contributed by atoms with Crippen molar-refractivity contribution in [3.63, 3.8) is 0 Å². The number of rotatable bonds is 10. The van der Waals surface area contributed by atoms with Crippen LogP contribution in [0.25, 0.3) is 0 Å². The van der Waals surface area contributed by atoms with E-state index in [2.05, 4.69) is 45.0 Å². The Hall–Kier alpha value is -0.980. The molecule has 0 saturated carbocycles. The number of hydrogen-bond acceptors (Lipinski definition) is 1. The monoisotopic (exact) mass is 262 g/mol. The highest BCUT2D eigenvalue weighted by Gasteiger charge is 1.98. The first-order valence-corrected chi connectivity index (χ1v) is 7.98. The van der Waals surface area contributed by atoms with Gasteiger partial charge in [0.15, 0.2) is 0 Å². The largest absolute Gasteiger partial charge is 0.494 e. The van der Waals surface area contributed by atoms with Crippen LogP contribution in [0.15, 0.2) is 24.3 Å². The van der Waals surface area contributed by atoms with Crippen molar-refractivity contribution in [2.45, 2.75) is 65.7 Å². The molecule has 0 amide bonds. The van der Waals surface area contributed by atoms with Crippen LogP contribution in [0.5, 0.6) is 5.75 Å². The molecule has 1 aromatic carbocycles. The highest BCUT2D eigenvalue weighted by Crippen LogP contribution is 2.15. The normalized spacial score (nSPS) is 12.4. The van der Waals surface area contributed by atoms with Crippen LogP contribution in [-0.2, 0) is 6.42 Å². The maximum atomic E-state index is 5.75. The quantitative estimate of drug-likeness (QED) is 0.497. The molecule has 1 nitrogen and oxygen atoms in total. The van der Waals surface area contributed by atoms with E-state index < -0.39 is 0 Å². The average molecular weight is 262 g/mol. The fraction of sp³-hybridized carbons (Fsp3) is 0.667. The minimum Gasteiger partial charge on any atom is -0.494 e. The number of ether oxygens (including phenoxy) is 1. The lowest BCUT2D eigenvalue weighted by Crippen LogP contribution is -1.98. The zero-order valence-corrected chi connectivity index (χ0v) is 13.0. The number of unbranched alkanes of at least 4 members (excludes halogenated alkanes) is 3. The van der Waals surface area contributed by atoms with Gasteiger partial charge in [0.25, 0.3) is 0 Å². The van der Waals surface area contributed by atoms with E-state index in [1.165, 1.54) is 44.1 Å². The van der Waals surface area contributed by atoms with E-state index in [4.69, 9.17) is 4.74 Å². The highest BCUT2D eigenvalue weighted by atomic mass is 16.5. The molecule has 1 heteroatoms. The van der Waals surface area contributed by atoms with Gasteiger partial charge in [-0.1, -0.05) is 65.0 Å². The molecule has 1 unspecified atom stereocenters. The van der Waals surface area contributed by atoms with Gasteiger partial charge in [-0.3, -0.25) is 0 Å². The average Bonchev–Trinajstić information content (AvgIpc) is 2.46. The van der Waals surface area contributed by atoms with E-state index in [0.29, 0.717) is 0 Å². The lowest BCUT2D eigenvalue weighted by atomic mass is 10.0. The first kappa shape index (κ1) is 16.1. The van der Waals surface area contributed by atoms with Crippen LogP contribution in [0, 0.1) is 5.92 Å². The van der Waals surface area contributed by atoms with E-state index in [-0.39, 0.29) is 0 Å². The molecule has 1 aromatic rings. The summed E-state index contributed by atoms with van der Waals surface area (Å²) in [6, 6.07) is 8.48. The van der Waals surface area contributed by atoms with Crippen LogP contribution in [0.1, 0.15) is 64.9 Å². The van der Waals surface area contributed by atoms with Gasteiger partial charge in [-0.05, 0) is 36.5 Å². The number of benzene rings is 1. The fourth-order valence-electron chi connectivity index (χ4n) is 2.16. The summed E-state index contributed by atoms with van der Waals surface area (Å²) in [5, 5.41) is 0. The molecular formula is C18H30O. The van der Waals surface area contributed by atoms with Gasteiger partial charge >= 0.3 is 0 Å². The summed E-state index contributed by atoms with van der Waals surface area (Å²) in [6.07, 6.45) is 8.99. The van der Waals surface area contributed by atoms with Crippen molar-refractivity contribution in [1.29, 1.82) is 0 Å². The van der Waals surface area contributed by atoms with Crippen molar-refractivity contribution in [1.82, 2.24) is 0 Å². The van der Waals surface area contributed by atoms with Crippen molar-refractivity contribution in [2.24, 2.45) is 5.92 Å². The molecule has 108 valence electrons. The van der Waals surface area contributed by atoms with Crippen LogP contribution in [-0.4, -0.2) is 6.61 Å². The van der Waals surface area contributed by atoms with Crippen molar-refractivity contribution in [3.8, 4) is 5.75 Å². The third-order valence-electron chi connectivity index (χ3n) is 3.89. The first-order valence-electron chi connectivity index (χ1n) is 7.98. The summed E-state index contributed by atoms with van der Waals surface area (Å²) in [7, 11) is 0. The highest BCUT2D eigenvalue weighted by molar-refractivity contribution is 5.27. The Labute approximate surface area is 119 Å². The number of aryl methyl sites for hydroxylation is 1. The van der Waals surface area contributed by atoms with Crippen LogP contribution in [0.4, 0.5) is 0 Å².